The fourth-order valence-corrected chi connectivity index (χ4v) is 2.55. The van der Waals surface area contributed by atoms with Gasteiger partial charge in [0.2, 0.25) is 0 Å². The van der Waals surface area contributed by atoms with Crippen LogP contribution in [0.25, 0.3) is 0 Å². The molecule has 17 heavy (non-hydrogen) atoms. The first-order chi connectivity index (χ1) is 8.24. The minimum Gasteiger partial charge on any atom is -0.371 e. The molecule has 2 heteroatoms. The molecule has 0 saturated carbocycles. The minimum absolute atomic E-state index is 0.651. The first-order valence-corrected chi connectivity index (χ1v) is 6.81. The molecule has 1 atom stereocenters. The second-order valence-corrected chi connectivity index (χ2v) is 5.23. The first kappa shape index (κ1) is 12.4. The molecule has 1 unspecified atom stereocenters. The van der Waals surface area contributed by atoms with E-state index in [1.165, 1.54) is 49.2 Å². The number of nitrogens with zero attached hydrogens (tertiary/aromatic N) is 1. The van der Waals surface area contributed by atoms with E-state index in [-0.39, 0.29) is 0 Å². The summed E-state index contributed by atoms with van der Waals surface area (Å²) in [6.45, 7) is 7.65. The number of nitrogens with two attached hydrogens (primary N) is 1. The van der Waals surface area contributed by atoms with Crippen molar-refractivity contribution in [2.24, 2.45) is 11.7 Å². The van der Waals surface area contributed by atoms with Gasteiger partial charge < -0.3 is 10.6 Å². The molecule has 0 spiro atoms. The fourth-order valence-electron chi connectivity index (χ4n) is 2.55. The first-order valence-electron chi connectivity index (χ1n) is 6.81. The third-order valence-electron chi connectivity index (χ3n) is 3.82. The summed E-state index contributed by atoms with van der Waals surface area (Å²) in [6.07, 6.45) is 3.74. The van der Waals surface area contributed by atoms with E-state index in [1.54, 1.807) is 0 Å². The summed E-state index contributed by atoms with van der Waals surface area (Å²) in [5.74, 6) is 0.773. The van der Waals surface area contributed by atoms with E-state index in [1.807, 2.05) is 0 Å². The van der Waals surface area contributed by atoms with Crippen molar-refractivity contribution in [3.05, 3.63) is 29.3 Å². The van der Waals surface area contributed by atoms with E-state index in [4.69, 9.17) is 5.73 Å². The van der Waals surface area contributed by atoms with E-state index >= 15 is 0 Å². The predicted octanol–water partition coefficient (Wildman–Crippen LogP) is 2.94. The van der Waals surface area contributed by atoms with Gasteiger partial charge in [-0.3, -0.25) is 0 Å². The molecule has 0 radical (unpaired) electrons. The second kappa shape index (κ2) is 5.54. The Hall–Kier alpha value is -1.02. The van der Waals surface area contributed by atoms with Gasteiger partial charge >= 0.3 is 0 Å². The van der Waals surface area contributed by atoms with Crippen LogP contribution >= 0.6 is 0 Å². The maximum absolute atomic E-state index is 5.71. The summed E-state index contributed by atoms with van der Waals surface area (Å²) in [6, 6.07) is 6.73. The summed E-state index contributed by atoms with van der Waals surface area (Å²) < 4.78 is 0. The number of rotatable bonds is 4. The average molecular weight is 232 g/mol. The largest absolute Gasteiger partial charge is 0.371 e. The maximum Gasteiger partial charge on any atom is 0.0399 e. The lowest BCUT2D eigenvalue weighted by Crippen LogP contribution is -2.33. The van der Waals surface area contributed by atoms with Crippen LogP contribution in [0.2, 0.25) is 0 Å². The summed E-state index contributed by atoms with van der Waals surface area (Å²) in [5, 5.41) is 0. The summed E-state index contributed by atoms with van der Waals surface area (Å²) >= 11 is 0. The Labute approximate surface area is 105 Å². The number of hydrogen-bond acceptors (Lipinski definition) is 2. The molecule has 1 aliphatic heterocycles. The molecule has 0 fully saturated rings. The Balaban J connectivity index is 2.19. The molecule has 1 aromatic rings. The molecule has 2 rings (SSSR count). The van der Waals surface area contributed by atoms with Gasteiger partial charge in [0.05, 0.1) is 0 Å². The molecule has 1 aromatic carbocycles. The van der Waals surface area contributed by atoms with E-state index in [0.717, 1.165) is 5.92 Å². The highest BCUT2D eigenvalue weighted by atomic mass is 15.1. The molecule has 2 nitrogen and oxygen atoms in total. The summed E-state index contributed by atoms with van der Waals surface area (Å²) in [7, 11) is 0. The van der Waals surface area contributed by atoms with Crippen LogP contribution in [0.15, 0.2) is 18.2 Å². The van der Waals surface area contributed by atoms with E-state index < -0.39 is 0 Å². The molecule has 0 aliphatic carbocycles. The molecular formula is C15H24N2. The van der Waals surface area contributed by atoms with Crippen LogP contribution in [-0.4, -0.2) is 13.1 Å². The highest BCUT2D eigenvalue weighted by molar-refractivity contribution is 5.56. The van der Waals surface area contributed by atoms with E-state index in [0.29, 0.717) is 6.54 Å². The number of fused-ring (bicyclic) bond motifs is 1. The molecule has 2 N–H and O–H groups in total. The highest BCUT2D eigenvalue weighted by Crippen LogP contribution is 2.28. The van der Waals surface area contributed by atoms with Gasteiger partial charge in [-0.2, -0.15) is 0 Å². The van der Waals surface area contributed by atoms with Crippen molar-refractivity contribution in [3.8, 4) is 0 Å². The van der Waals surface area contributed by atoms with E-state index in [9.17, 15) is 0 Å². The topological polar surface area (TPSA) is 29.3 Å². The van der Waals surface area contributed by atoms with Crippen molar-refractivity contribution in [1.29, 1.82) is 0 Å². The van der Waals surface area contributed by atoms with Gasteiger partial charge in [0, 0.05) is 25.3 Å². The Bertz CT molecular complexity index is 373. The van der Waals surface area contributed by atoms with Crippen molar-refractivity contribution in [1.82, 2.24) is 0 Å². The van der Waals surface area contributed by atoms with Crippen LogP contribution in [0.3, 0.4) is 0 Å². The number of benzene rings is 1. The molecule has 1 aliphatic rings. The van der Waals surface area contributed by atoms with Gasteiger partial charge in [-0.15, -0.1) is 0 Å². The van der Waals surface area contributed by atoms with Crippen molar-refractivity contribution in [3.63, 3.8) is 0 Å². The number of hydrogen-bond donors (Lipinski definition) is 1. The SMILES string of the molecule is CCC(C)CN1CCCc2cc(CN)ccc21. The lowest BCUT2D eigenvalue weighted by molar-refractivity contribution is 0.530. The van der Waals surface area contributed by atoms with Crippen LogP contribution in [0.4, 0.5) is 5.69 Å². The highest BCUT2D eigenvalue weighted by Gasteiger charge is 2.18. The normalized spacial score (nSPS) is 16.8. The number of anilines is 1. The molecule has 0 aromatic heterocycles. The Morgan fingerprint density at radius 2 is 2.24 bits per heavy atom. The fraction of sp³-hybridized carbons (Fsp3) is 0.600. The van der Waals surface area contributed by atoms with Crippen LogP contribution < -0.4 is 10.6 Å². The van der Waals surface area contributed by atoms with Crippen LogP contribution in [0.1, 0.15) is 37.8 Å². The molecule has 0 saturated heterocycles. The monoisotopic (exact) mass is 232 g/mol. The molecule has 1 heterocycles. The zero-order chi connectivity index (χ0) is 12.3. The van der Waals surface area contributed by atoms with Gasteiger partial charge in [-0.05, 0) is 36.0 Å². The Morgan fingerprint density at radius 1 is 1.41 bits per heavy atom. The van der Waals surface area contributed by atoms with Crippen LogP contribution in [-0.2, 0) is 13.0 Å². The Kier molecular flexibility index (Phi) is 4.06. The van der Waals surface area contributed by atoms with E-state index in [2.05, 4.69) is 36.9 Å². The van der Waals surface area contributed by atoms with Gasteiger partial charge in [0.25, 0.3) is 0 Å². The zero-order valence-electron chi connectivity index (χ0n) is 11.1. The standard InChI is InChI=1S/C15H24N2/c1-3-12(2)11-17-8-4-5-14-9-13(10-16)6-7-15(14)17/h6-7,9,12H,3-5,8,10-11,16H2,1-2H3. The number of aryl methyl sites for hydroxylation is 1. The molecular weight excluding hydrogens is 208 g/mol. The van der Waals surface area contributed by atoms with Crippen LogP contribution in [0, 0.1) is 5.92 Å². The lowest BCUT2D eigenvalue weighted by atomic mass is 9.97. The van der Waals surface area contributed by atoms with Crippen molar-refractivity contribution < 1.29 is 0 Å². The third kappa shape index (κ3) is 2.81. The predicted molar refractivity (Wildman–Crippen MR) is 74.3 cm³/mol. The van der Waals surface area contributed by atoms with Crippen LogP contribution in [0.5, 0.6) is 0 Å². The van der Waals surface area contributed by atoms with Gasteiger partial charge in [0.1, 0.15) is 0 Å². The smallest absolute Gasteiger partial charge is 0.0399 e. The van der Waals surface area contributed by atoms with Crippen molar-refractivity contribution in [2.45, 2.75) is 39.7 Å². The van der Waals surface area contributed by atoms with Crippen molar-refractivity contribution in [2.75, 3.05) is 18.0 Å². The Morgan fingerprint density at radius 3 is 2.94 bits per heavy atom. The molecule has 0 amide bonds. The maximum atomic E-state index is 5.71. The van der Waals surface area contributed by atoms with Gasteiger partial charge in [-0.25, -0.2) is 0 Å². The van der Waals surface area contributed by atoms with Gasteiger partial charge in [-0.1, -0.05) is 32.4 Å². The quantitative estimate of drug-likeness (QED) is 0.865. The molecule has 0 bridgehead atoms. The van der Waals surface area contributed by atoms with Gasteiger partial charge in [0.15, 0.2) is 0 Å². The zero-order valence-corrected chi connectivity index (χ0v) is 11.1. The third-order valence-corrected chi connectivity index (χ3v) is 3.82. The molecule has 94 valence electrons. The average Bonchev–Trinajstić information content (AvgIpc) is 2.38. The van der Waals surface area contributed by atoms with Crippen molar-refractivity contribution >= 4 is 5.69 Å². The minimum atomic E-state index is 0.651. The second-order valence-electron chi connectivity index (χ2n) is 5.23. The summed E-state index contributed by atoms with van der Waals surface area (Å²) in [5.41, 5.74) is 9.89. The lowest BCUT2D eigenvalue weighted by Gasteiger charge is -2.33. The summed E-state index contributed by atoms with van der Waals surface area (Å²) in [4.78, 5) is 2.55.